The number of carbonyl (C=O) groups is 3. The number of ether oxygens (including phenoxy) is 2. The molecular weight excluding hydrogens is 691 g/mol. The van der Waals surface area contributed by atoms with Crippen molar-refractivity contribution in [1.29, 1.82) is 0 Å². The zero-order chi connectivity index (χ0) is 34.5. The number of thiophene rings is 2. The fraction of sp³-hybridized carbons (Fsp3) is 0.333. The van der Waals surface area contributed by atoms with Gasteiger partial charge in [-0.15, -0.1) is 22.7 Å². The van der Waals surface area contributed by atoms with Gasteiger partial charge in [0.1, 0.15) is 12.3 Å². The van der Waals surface area contributed by atoms with Crippen LogP contribution in [0.2, 0.25) is 10.0 Å². The second kappa shape index (κ2) is 19.0. The lowest BCUT2D eigenvalue weighted by Gasteiger charge is -2.08. The molecule has 8 nitrogen and oxygen atoms in total. The molecule has 12 heteroatoms. The van der Waals surface area contributed by atoms with Crippen LogP contribution in [-0.2, 0) is 15.9 Å². The van der Waals surface area contributed by atoms with Crippen molar-refractivity contribution in [2.45, 2.75) is 39.5 Å². The molecule has 0 radical (unpaired) electrons. The maximum absolute atomic E-state index is 12.9. The molecule has 2 N–H and O–H groups in total. The lowest BCUT2D eigenvalue weighted by Crippen LogP contribution is -2.27. The lowest BCUT2D eigenvalue weighted by molar-refractivity contribution is 0.0472. The van der Waals surface area contributed by atoms with Crippen molar-refractivity contribution >= 4 is 69.1 Å². The molecule has 2 heterocycles. The van der Waals surface area contributed by atoms with Crippen molar-refractivity contribution in [3.8, 4) is 16.2 Å². The first-order chi connectivity index (χ1) is 23.2. The van der Waals surface area contributed by atoms with Crippen LogP contribution in [0.4, 0.5) is 0 Å². The maximum Gasteiger partial charge on any atom is 0.251 e. The number of aliphatic imine (C=N–C) groups is 1. The van der Waals surface area contributed by atoms with E-state index in [-0.39, 0.29) is 36.2 Å². The Labute approximate surface area is 298 Å². The van der Waals surface area contributed by atoms with E-state index in [4.69, 9.17) is 32.7 Å². The molecule has 0 aliphatic rings. The first-order valence-electron chi connectivity index (χ1n) is 15.6. The zero-order valence-electron chi connectivity index (χ0n) is 26.9. The maximum atomic E-state index is 12.9. The summed E-state index contributed by atoms with van der Waals surface area (Å²) in [4.78, 5) is 44.2. The highest BCUT2D eigenvalue weighted by Gasteiger charge is 2.17. The first kappa shape index (κ1) is 37.4. The molecule has 0 saturated carbocycles. The van der Waals surface area contributed by atoms with Gasteiger partial charge in [-0.2, -0.15) is 0 Å². The largest absolute Gasteiger partial charge is 0.506 e. The van der Waals surface area contributed by atoms with E-state index in [2.05, 4.69) is 17.2 Å². The monoisotopic (exact) mass is 728 g/mol. The summed E-state index contributed by atoms with van der Waals surface area (Å²) in [6, 6.07) is 15.6. The van der Waals surface area contributed by atoms with Crippen LogP contribution in [0.1, 0.15) is 73.9 Å². The number of hydrogen-bond donors (Lipinski definition) is 2. The van der Waals surface area contributed by atoms with Crippen LogP contribution in [0.15, 0.2) is 65.0 Å². The zero-order valence-corrected chi connectivity index (χ0v) is 30.0. The second-order valence-corrected chi connectivity index (χ2v) is 13.7. The summed E-state index contributed by atoms with van der Waals surface area (Å²) in [5, 5.41) is 16.3. The smallest absolute Gasteiger partial charge is 0.251 e. The highest BCUT2D eigenvalue weighted by atomic mass is 35.5. The quantitative estimate of drug-likeness (QED) is 0.0568. The van der Waals surface area contributed by atoms with Gasteiger partial charge in [0.25, 0.3) is 5.91 Å². The minimum atomic E-state index is -0.213. The molecule has 0 aliphatic heterocycles. The van der Waals surface area contributed by atoms with Crippen molar-refractivity contribution in [2.75, 3.05) is 39.5 Å². The van der Waals surface area contributed by atoms with E-state index in [0.717, 1.165) is 41.9 Å². The van der Waals surface area contributed by atoms with Gasteiger partial charge in [0.05, 0.1) is 44.5 Å². The molecule has 0 aliphatic carbocycles. The van der Waals surface area contributed by atoms with Crippen molar-refractivity contribution < 1.29 is 29.0 Å². The van der Waals surface area contributed by atoms with Crippen LogP contribution in [-0.4, -0.2) is 67.8 Å². The number of carbonyl (C=O) groups excluding carboxylic acids is 3. The number of rotatable bonds is 19. The molecule has 0 bridgehead atoms. The van der Waals surface area contributed by atoms with Gasteiger partial charge in [-0.3, -0.25) is 19.4 Å². The summed E-state index contributed by atoms with van der Waals surface area (Å²) in [7, 11) is 0. The number of amides is 1. The molecule has 4 aromatic rings. The molecule has 0 saturated heterocycles. The second-order valence-electron chi connectivity index (χ2n) is 10.9. The van der Waals surface area contributed by atoms with E-state index >= 15 is 0 Å². The topological polar surface area (TPSA) is 114 Å². The van der Waals surface area contributed by atoms with Gasteiger partial charge in [0.15, 0.2) is 11.6 Å². The van der Waals surface area contributed by atoms with Crippen LogP contribution >= 0.6 is 45.9 Å². The molecule has 2 aromatic heterocycles. The van der Waals surface area contributed by atoms with E-state index in [1.807, 2.05) is 12.1 Å². The molecule has 0 fully saturated rings. The molecule has 0 atom stereocenters. The number of hydrogen-bond acceptors (Lipinski definition) is 9. The molecule has 4 rings (SSSR count). The Morgan fingerprint density at radius 3 is 2.31 bits per heavy atom. The van der Waals surface area contributed by atoms with Crippen molar-refractivity contribution in [1.82, 2.24) is 5.32 Å². The minimum absolute atomic E-state index is 0.0608. The molecule has 254 valence electrons. The lowest BCUT2D eigenvalue weighted by atomic mass is 10.0. The highest BCUT2D eigenvalue weighted by molar-refractivity contribution is 7.16. The normalized spacial score (nSPS) is 11.5. The summed E-state index contributed by atoms with van der Waals surface area (Å²) in [5.41, 5.74) is 3.26. The number of benzene rings is 2. The van der Waals surface area contributed by atoms with Gasteiger partial charge in [-0.25, -0.2) is 0 Å². The Morgan fingerprint density at radius 2 is 1.60 bits per heavy atom. The van der Waals surface area contributed by atoms with Gasteiger partial charge in [0.2, 0.25) is 0 Å². The minimum Gasteiger partial charge on any atom is -0.506 e. The van der Waals surface area contributed by atoms with Crippen LogP contribution in [0.5, 0.6) is 5.75 Å². The number of halogens is 2. The highest BCUT2D eigenvalue weighted by Crippen LogP contribution is 2.40. The van der Waals surface area contributed by atoms with Gasteiger partial charge >= 0.3 is 0 Å². The Balaban J connectivity index is 1.21. The fourth-order valence-electron chi connectivity index (χ4n) is 4.55. The van der Waals surface area contributed by atoms with Gasteiger partial charge < -0.3 is 19.9 Å². The Hall–Kier alpha value is -3.38. The SMILES string of the molecule is CCCCOCCOCCNC(=O)c1ccc(CCC(=O)c2ccc(C(=O)CN=C(C)c3csc(-c4ccc(Cl)c(Cl)c4)c3O)s2)cc1. The van der Waals surface area contributed by atoms with Crippen LogP contribution in [0.25, 0.3) is 10.4 Å². The number of aryl methyl sites for hydroxylation is 1. The van der Waals surface area contributed by atoms with Gasteiger partial charge in [-0.1, -0.05) is 54.7 Å². The van der Waals surface area contributed by atoms with Crippen LogP contribution in [0, 0.1) is 0 Å². The van der Waals surface area contributed by atoms with E-state index in [1.54, 1.807) is 54.8 Å². The third-order valence-corrected chi connectivity index (χ3v) is 10.3. The first-order valence-corrected chi connectivity index (χ1v) is 18.1. The Morgan fingerprint density at radius 1 is 0.896 bits per heavy atom. The van der Waals surface area contributed by atoms with Gasteiger partial charge in [-0.05, 0) is 67.3 Å². The molecule has 0 spiro atoms. The van der Waals surface area contributed by atoms with Crippen LogP contribution in [0.3, 0.4) is 0 Å². The average Bonchev–Trinajstić information content (AvgIpc) is 3.74. The molecule has 2 aromatic carbocycles. The predicted molar refractivity (Wildman–Crippen MR) is 195 cm³/mol. The van der Waals surface area contributed by atoms with Crippen molar-refractivity contribution in [3.05, 3.63) is 96.5 Å². The van der Waals surface area contributed by atoms with E-state index in [0.29, 0.717) is 74.3 Å². The number of nitrogens with one attached hydrogen (secondary N) is 1. The van der Waals surface area contributed by atoms with E-state index in [9.17, 15) is 19.5 Å². The summed E-state index contributed by atoms with van der Waals surface area (Å²) >= 11 is 14.6. The molecule has 0 unspecified atom stereocenters. The third-order valence-electron chi connectivity index (χ3n) is 7.35. The Bertz CT molecular complexity index is 1730. The number of nitrogens with zero attached hydrogens (tertiary/aromatic N) is 1. The molecular formula is C36H38Cl2N2O6S2. The van der Waals surface area contributed by atoms with E-state index in [1.165, 1.54) is 11.3 Å². The summed E-state index contributed by atoms with van der Waals surface area (Å²) in [5.74, 6) is -0.394. The number of aromatic hydroxyl groups is 1. The van der Waals surface area contributed by atoms with Crippen LogP contribution < -0.4 is 5.32 Å². The fourth-order valence-corrected chi connectivity index (χ4v) is 6.76. The third kappa shape index (κ3) is 10.8. The summed E-state index contributed by atoms with van der Waals surface area (Å²) in [6.45, 7) is 6.34. The molecule has 48 heavy (non-hydrogen) atoms. The van der Waals surface area contributed by atoms with E-state index < -0.39 is 0 Å². The summed E-state index contributed by atoms with van der Waals surface area (Å²) < 4.78 is 10.9. The number of Topliss-reactive ketones (excluding diaryl/α,β-unsaturated/α-hetero) is 2. The van der Waals surface area contributed by atoms with Crippen molar-refractivity contribution in [3.63, 3.8) is 0 Å². The van der Waals surface area contributed by atoms with Crippen molar-refractivity contribution in [2.24, 2.45) is 4.99 Å². The number of ketones is 2. The standard InChI is InChI=1S/C36H38Cl2N2O6S2/c1-3-4-16-45-18-19-46-17-15-39-36(44)25-8-5-24(6-9-25)7-12-30(41)32-13-14-33(48-32)31(42)21-40-23(2)27-22-47-35(34(27)43)26-10-11-28(37)29(38)20-26/h5-6,8-11,13-14,20,22,43H,3-4,7,12,15-19,21H2,1-2H3,(H,39,44). The summed E-state index contributed by atoms with van der Waals surface area (Å²) in [6.07, 6.45) is 2.92. The number of unbranched alkanes of at least 4 members (excludes halogenated alkanes) is 1. The Kier molecular flexibility index (Phi) is 14.8. The van der Waals surface area contributed by atoms with Gasteiger partial charge in [0, 0.05) is 41.8 Å². The predicted octanol–water partition coefficient (Wildman–Crippen LogP) is 8.56. The molecule has 1 amide bonds. The average molecular weight is 730 g/mol.